The normalized spacial score (nSPS) is 10.8. The molecule has 0 atom stereocenters. The maximum absolute atomic E-state index is 12.3. The lowest BCUT2D eigenvalue weighted by Crippen LogP contribution is -2.12. The fourth-order valence-corrected chi connectivity index (χ4v) is 2.87. The van der Waals surface area contributed by atoms with Crippen LogP contribution in [0.15, 0.2) is 51.4 Å². The SMILES string of the molecule is Cc1cc(N)cc(Br)c1NC(=O)c1cc2ccccc2o1. The first kappa shape index (κ1) is 13.7. The Balaban J connectivity index is 1.93. The van der Waals surface area contributed by atoms with Crippen LogP contribution in [0.4, 0.5) is 11.4 Å². The highest BCUT2D eigenvalue weighted by Crippen LogP contribution is 2.30. The molecular weight excluding hydrogens is 332 g/mol. The molecule has 0 unspecified atom stereocenters. The lowest BCUT2D eigenvalue weighted by molar-refractivity contribution is 0.0998. The third-order valence-corrected chi connectivity index (χ3v) is 3.82. The van der Waals surface area contributed by atoms with Crippen LogP contribution < -0.4 is 11.1 Å². The van der Waals surface area contributed by atoms with E-state index in [1.807, 2.05) is 31.2 Å². The van der Waals surface area contributed by atoms with Gasteiger partial charge in [-0.05, 0) is 52.7 Å². The van der Waals surface area contributed by atoms with Crippen LogP contribution in [0.3, 0.4) is 0 Å². The van der Waals surface area contributed by atoms with Crippen LogP contribution in [0.2, 0.25) is 0 Å². The number of rotatable bonds is 2. The van der Waals surface area contributed by atoms with E-state index in [1.54, 1.807) is 18.2 Å². The first-order valence-electron chi connectivity index (χ1n) is 6.40. The fourth-order valence-electron chi connectivity index (χ4n) is 2.20. The van der Waals surface area contributed by atoms with E-state index in [4.69, 9.17) is 10.2 Å². The van der Waals surface area contributed by atoms with Crippen LogP contribution in [0.1, 0.15) is 16.1 Å². The van der Waals surface area contributed by atoms with E-state index in [2.05, 4.69) is 21.2 Å². The van der Waals surface area contributed by atoms with Crippen molar-refractivity contribution in [3.8, 4) is 0 Å². The summed E-state index contributed by atoms with van der Waals surface area (Å²) in [6.45, 7) is 1.88. The Hall–Kier alpha value is -2.27. The van der Waals surface area contributed by atoms with E-state index in [0.29, 0.717) is 17.0 Å². The third kappa shape index (κ3) is 2.64. The zero-order valence-corrected chi connectivity index (χ0v) is 12.9. The van der Waals surface area contributed by atoms with Gasteiger partial charge in [-0.2, -0.15) is 0 Å². The van der Waals surface area contributed by atoms with Crippen molar-refractivity contribution < 1.29 is 9.21 Å². The number of carbonyl (C=O) groups excluding carboxylic acids is 1. The Morgan fingerprint density at radius 3 is 2.71 bits per heavy atom. The molecule has 2 aromatic carbocycles. The molecule has 0 aliphatic carbocycles. The van der Waals surface area contributed by atoms with Gasteiger partial charge in [-0.1, -0.05) is 18.2 Å². The van der Waals surface area contributed by atoms with Gasteiger partial charge in [-0.3, -0.25) is 4.79 Å². The molecule has 0 saturated heterocycles. The standard InChI is InChI=1S/C16H13BrN2O2/c1-9-6-11(18)8-12(17)15(9)19-16(20)14-7-10-4-2-3-5-13(10)21-14/h2-8H,18H2,1H3,(H,19,20). The number of amides is 1. The molecule has 21 heavy (non-hydrogen) atoms. The maximum atomic E-state index is 12.3. The number of nitrogens with one attached hydrogen (secondary N) is 1. The number of aryl methyl sites for hydroxylation is 1. The van der Waals surface area contributed by atoms with Gasteiger partial charge in [0.2, 0.25) is 0 Å². The molecule has 3 aromatic rings. The van der Waals surface area contributed by atoms with Gasteiger partial charge in [0.1, 0.15) is 5.58 Å². The summed E-state index contributed by atoms with van der Waals surface area (Å²) < 4.78 is 6.29. The minimum atomic E-state index is -0.292. The molecule has 4 nitrogen and oxygen atoms in total. The van der Waals surface area contributed by atoms with E-state index in [1.165, 1.54) is 0 Å². The quantitative estimate of drug-likeness (QED) is 0.679. The molecule has 0 aliphatic heterocycles. The van der Waals surface area contributed by atoms with E-state index in [9.17, 15) is 4.79 Å². The van der Waals surface area contributed by atoms with Gasteiger partial charge in [0.25, 0.3) is 5.91 Å². The average molecular weight is 345 g/mol. The smallest absolute Gasteiger partial charge is 0.291 e. The van der Waals surface area contributed by atoms with Crippen molar-refractivity contribution in [2.45, 2.75) is 6.92 Å². The monoisotopic (exact) mass is 344 g/mol. The number of anilines is 2. The largest absolute Gasteiger partial charge is 0.451 e. The van der Waals surface area contributed by atoms with Crippen molar-refractivity contribution in [3.63, 3.8) is 0 Å². The number of para-hydroxylation sites is 1. The van der Waals surface area contributed by atoms with Crippen molar-refractivity contribution in [2.75, 3.05) is 11.1 Å². The Morgan fingerprint density at radius 2 is 2.00 bits per heavy atom. The zero-order chi connectivity index (χ0) is 15.0. The number of hydrogen-bond acceptors (Lipinski definition) is 3. The van der Waals surface area contributed by atoms with Crippen molar-refractivity contribution >= 4 is 44.2 Å². The molecule has 1 heterocycles. The van der Waals surface area contributed by atoms with Crippen LogP contribution in [0.5, 0.6) is 0 Å². The fraction of sp³-hybridized carbons (Fsp3) is 0.0625. The van der Waals surface area contributed by atoms with E-state index in [0.717, 1.165) is 15.4 Å². The molecule has 5 heteroatoms. The van der Waals surface area contributed by atoms with E-state index >= 15 is 0 Å². The van der Waals surface area contributed by atoms with E-state index < -0.39 is 0 Å². The molecule has 0 fully saturated rings. The summed E-state index contributed by atoms with van der Waals surface area (Å²) in [5.74, 6) is -0.0147. The molecule has 0 spiro atoms. The predicted octanol–water partition coefficient (Wildman–Crippen LogP) is 4.34. The van der Waals surface area contributed by atoms with Crippen LogP contribution in [-0.2, 0) is 0 Å². The van der Waals surface area contributed by atoms with Crippen molar-refractivity contribution in [3.05, 3.63) is 58.3 Å². The Labute approximate surface area is 130 Å². The van der Waals surface area contributed by atoms with Gasteiger partial charge < -0.3 is 15.5 Å². The lowest BCUT2D eigenvalue weighted by Gasteiger charge is -2.10. The number of halogens is 1. The highest BCUT2D eigenvalue weighted by atomic mass is 79.9. The predicted molar refractivity (Wildman–Crippen MR) is 87.5 cm³/mol. The first-order chi connectivity index (χ1) is 10.0. The number of carbonyl (C=O) groups is 1. The molecule has 0 radical (unpaired) electrons. The molecule has 0 bridgehead atoms. The second kappa shape index (κ2) is 5.26. The third-order valence-electron chi connectivity index (χ3n) is 3.20. The van der Waals surface area contributed by atoms with Crippen LogP contribution in [0.25, 0.3) is 11.0 Å². The molecule has 1 amide bonds. The average Bonchev–Trinajstić information content (AvgIpc) is 2.86. The van der Waals surface area contributed by atoms with Gasteiger partial charge in [0, 0.05) is 15.5 Å². The topological polar surface area (TPSA) is 68.3 Å². The Bertz CT molecular complexity index is 783. The second-order valence-electron chi connectivity index (χ2n) is 4.80. The number of nitrogen functional groups attached to an aromatic ring is 1. The lowest BCUT2D eigenvalue weighted by atomic mass is 10.1. The van der Waals surface area contributed by atoms with Gasteiger partial charge in [0.15, 0.2) is 5.76 Å². The van der Waals surface area contributed by atoms with Crippen molar-refractivity contribution in [1.82, 2.24) is 0 Å². The Morgan fingerprint density at radius 1 is 1.24 bits per heavy atom. The van der Waals surface area contributed by atoms with Crippen molar-refractivity contribution in [2.24, 2.45) is 0 Å². The minimum Gasteiger partial charge on any atom is -0.451 e. The zero-order valence-electron chi connectivity index (χ0n) is 11.3. The highest BCUT2D eigenvalue weighted by molar-refractivity contribution is 9.10. The summed E-state index contributed by atoms with van der Waals surface area (Å²) in [5, 5.41) is 3.75. The van der Waals surface area contributed by atoms with Gasteiger partial charge in [0.05, 0.1) is 5.69 Å². The number of nitrogens with two attached hydrogens (primary N) is 1. The number of fused-ring (bicyclic) bond motifs is 1. The minimum absolute atomic E-state index is 0.277. The maximum Gasteiger partial charge on any atom is 0.291 e. The highest BCUT2D eigenvalue weighted by Gasteiger charge is 2.15. The van der Waals surface area contributed by atoms with Gasteiger partial charge in [-0.15, -0.1) is 0 Å². The molecule has 1 aromatic heterocycles. The summed E-state index contributed by atoms with van der Waals surface area (Å²) >= 11 is 3.41. The molecule has 0 aliphatic rings. The van der Waals surface area contributed by atoms with E-state index in [-0.39, 0.29) is 11.7 Å². The molecule has 106 valence electrons. The summed E-state index contributed by atoms with van der Waals surface area (Å²) in [4.78, 5) is 12.3. The summed E-state index contributed by atoms with van der Waals surface area (Å²) in [6.07, 6.45) is 0. The molecule has 3 N–H and O–H groups in total. The van der Waals surface area contributed by atoms with Crippen LogP contribution >= 0.6 is 15.9 Å². The van der Waals surface area contributed by atoms with Crippen LogP contribution in [0, 0.1) is 6.92 Å². The van der Waals surface area contributed by atoms with Gasteiger partial charge >= 0.3 is 0 Å². The summed E-state index contributed by atoms with van der Waals surface area (Å²) in [7, 11) is 0. The number of benzene rings is 2. The molecule has 3 rings (SSSR count). The van der Waals surface area contributed by atoms with Crippen molar-refractivity contribution in [1.29, 1.82) is 0 Å². The van der Waals surface area contributed by atoms with Crippen LogP contribution in [-0.4, -0.2) is 5.91 Å². The number of furan rings is 1. The summed E-state index contributed by atoms with van der Waals surface area (Å²) in [5.41, 5.74) is 8.66. The second-order valence-corrected chi connectivity index (χ2v) is 5.65. The molecule has 0 saturated carbocycles. The number of hydrogen-bond donors (Lipinski definition) is 2. The summed E-state index contributed by atoms with van der Waals surface area (Å²) in [6, 6.07) is 12.8. The Kier molecular flexibility index (Phi) is 3.43. The first-order valence-corrected chi connectivity index (χ1v) is 7.19. The van der Waals surface area contributed by atoms with Gasteiger partial charge in [-0.25, -0.2) is 0 Å². The molecular formula is C16H13BrN2O2.